The van der Waals surface area contributed by atoms with Crippen LogP contribution in [0.15, 0.2) is 78.9 Å². The van der Waals surface area contributed by atoms with E-state index in [1.165, 1.54) is 23.3 Å². The number of nitrogens with one attached hydrogen (secondary N) is 1. The summed E-state index contributed by atoms with van der Waals surface area (Å²) in [6.45, 7) is 1.76. The summed E-state index contributed by atoms with van der Waals surface area (Å²) >= 11 is 0. The predicted octanol–water partition coefficient (Wildman–Crippen LogP) is -0.430. The van der Waals surface area contributed by atoms with Crippen molar-refractivity contribution in [2.24, 2.45) is 0 Å². The van der Waals surface area contributed by atoms with Crippen LogP contribution in [-0.4, -0.2) is 22.5 Å². The number of aromatic hydroxyl groups is 2. The number of halogens is 1. The summed E-state index contributed by atoms with van der Waals surface area (Å²) in [4.78, 5) is 13.8. The summed E-state index contributed by atoms with van der Waals surface area (Å²) in [7, 11) is 0. The van der Waals surface area contributed by atoms with Gasteiger partial charge in [-0.3, -0.25) is 4.79 Å². The van der Waals surface area contributed by atoms with Crippen LogP contribution < -0.4 is 17.3 Å². The van der Waals surface area contributed by atoms with Crippen molar-refractivity contribution in [1.29, 1.82) is 0 Å². The fourth-order valence-electron chi connectivity index (χ4n) is 2.98. The zero-order chi connectivity index (χ0) is 18.4. The molecule has 5 heteroatoms. The normalized spacial score (nSPS) is 10.4. The fraction of sp³-hybridized carbons (Fsp3) is 0.136. The van der Waals surface area contributed by atoms with E-state index >= 15 is 0 Å². The average molecular weight is 384 g/mol. The Labute approximate surface area is 165 Å². The van der Waals surface area contributed by atoms with Crippen LogP contribution in [0.25, 0.3) is 0 Å². The first kappa shape index (κ1) is 20.5. The second kappa shape index (κ2) is 9.76. The van der Waals surface area contributed by atoms with Gasteiger partial charge in [-0.05, 0) is 18.2 Å². The first-order valence-corrected chi connectivity index (χ1v) is 8.58. The van der Waals surface area contributed by atoms with Gasteiger partial charge in [0.15, 0.2) is 11.5 Å². The van der Waals surface area contributed by atoms with Gasteiger partial charge in [-0.1, -0.05) is 60.7 Å². The molecule has 3 aromatic carbocycles. The largest absolute Gasteiger partial charge is 1.00 e. The predicted molar refractivity (Wildman–Crippen MR) is 100 cm³/mol. The van der Waals surface area contributed by atoms with Crippen molar-refractivity contribution in [3.63, 3.8) is 0 Å². The molecule has 0 amide bonds. The lowest BCUT2D eigenvalue weighted by Crippen LogP contribution is -3.10. The van der Waals surface area contributed by atoms with Gasteiger partial charge in [-0.2, -0.15) is 0 Å². The molecule has 0 fully saturated rings. The molecule has 3 aromatic rings. The topological polar surface area (TPSA) is 62.0 Å². The summed E-state index contributed by atoms with van der Waals surface area (Å²) in [6.07, 6.45) is 0. The molecule has 0 radical (unpaired) electrons. The maximum atomic E-state index is 12.7. The smallest absolute Gasteiger partial charge is 0.217 e. The van der Waals surface area contributed by atoms with E-state index in [1.54, 1.807) is 6.07 Å². The van der Waals surface area contributed by atoms with E-state index in [-0.39, 0.29) is 29.7 Å². The van der Waals surface area contributed by atoms with Gasteiger partial charge in [0.05, 0.1) is 0 Å². The van der Waals surface area contributed by atoms with E-state index in [9.17, 15) is 15.0 Å². The molecule has 0 saturated carbocycles. The van der Waals surface area contributed by atoms with Crippen LogP contribution in [-0.2, 0) is 13.1 Å². The molecule has 0 heterocycles. The Kier molecular flexibility index (Phi) is 7.41. The summed E-state index contributed by atoms with van der Waals surface area (Å²) in [5.74, 6) is -0.565. The second-order valence-electron chi connectivity index (χ2n) is 6.38. The third-order valence-electron chi connectivity index (χ3n) is 4.30. The Bertz CT molecular complexity index is 828. The van der Waals surface area contributed by atoms with E-state index in [0.29, 0.717) is 12.1 Å². The van der Waals surface area contributed by atoms with Gasteiger partial charge in [-0.15, -0.1) is 0 Å². The highest BCUT2D eigenvalue weighted by molar-refractivity contribution is 5.97. The number of phenols is 2. The summed E-state index contributed by atoms with van der Waals surface area (Å²) in [5, 5.41) is 19.1. The minimum absolute atomic E-state index is 0. The molecule has 3 rings (SSSR count). The number of carbonyl (C=O) groups is 1. The van der Waals surface area contributed by atoms with Gasteiger partial charge in [0.1, 0.15) is 19.6 Å². The number of carbonyl (C=O) groups excluding carboxylic acids is 1. The maximum Gasteiger partial charge on any atom is 0.217 e. The van der Waals surface area contributed by atoms with Crippen LogP contribution in [0.4, 0.5) is 0 Å². The molecule has 0 bridgehead atoms. The molecule has 3 N–H and O–H groups in total. The Hall–Kier alpha value is -2.82. The van der Waals surface area contributed by atoms with Crippen molar-refractivity contribution in [3.8, 4) is 11.5 Å². The van der Waals surface area contributed by atoms with Crippen LogP contribution >= 0.6 is 0 Å². The van der Waals surface area contributed by atoms with Crippen molar-refractivity contribution in [1.82, 2.24) is 0 Å². The first-order valence-electron chi connectivity index (χ1n) is 8.58. The molecule has 0 aliphatic heterocycles. The van der Waals surface area contributed by atoms with Crippen molar-refractivity contribution < 1.29 is 32.3 Å². The first-order chi connectivity index (χ1) is 12.6. The minimum Gasteiger partial charge on any atom is -1.00 e. The van der Waals surface area contributed by atoms with Crippen molar-refractivity contribution in [2.75, 3.05) is 6.54 Å². The van der Waals surface area contributed by atoms with Crippen molar-refractivity contribution in [2.45, 2.75) is 13.1 Å². The zero-order valence-electron chi connectivity index (χ0n) is 14.8. The average Bonchev–Trinajstić information content (AvgIpc) is 2.65. The summed E-state index contributed by atoms with van der Waals surface area (Å²) in [6, 6.07) is 24.4. The van der Waals surface area contributed by atoms with Crippen molar-refractivity contribution in [3.05, 3.63) is 95.6 Å². The molecule has 0 atom stereocenters. The molecule has 140 valence electrons. The van der Waals surface area contributed by atoms with E-state index in [4.69, 9.17) is 0 Å². The van der Waals surface area contributed by atoms with Gasteiger partial charge in [0.2, 0.25) is 5.78 Å². The van der Waals surface area contributed by atoms with Crippen molar-refractivity contribution >= 4 is 5.78 Å². The quantitative estimate of drug-likeness (QED) is 0.383. The van der Waals surface area contributed by atoms with E-state index in [1.807, 2.05) is 36.4 Å². The Morgan fingerprint density at radius 1 is 0.741 bits per heavy atom. The Morgan fingerprint density at radius 2 is 1.26 bits per heavy atom. The van der Waals surface area contributed by atoms with Crippen LogP contribution in [0.5, 0.6) is 11.5 Å². The number of quaternary nitrogens is 1. The van der Waals surface area contributed by atoms with E-state index in [2.05, 4.69) is 24.3 Å². The third kappa shape index (κ3) is 5.84. The van der Waals surface area contributed by atoms with Gasteiger partial charge >= 0.3 is 0 Å². The van der Waals surface area contributed by atoms with Gasteiger partial charge < -0.3 is 27.5 Å². The third-order valence-corrected chi connectivity index (χ3v) is 4.30. The lowest BCUT2D eigenvalue weighted by molar-refractivity contribution is -0.919. The number of phenolic OH excluding ortho intramolecular Hbond substituents is 2. The SMILES string of the molecule is O=C(C[NH+](Cc1ccccc1)Cc1ccccc1)c1ccc(O)c(O)c1.[Cl-]. The van der Waals surface area contributed by atoms with Crippen LogP contribution in [0.1, 0.15) is 21.5 Å². The van der Waals surface area contributed by atoms with Crippen LogP contribution in [0.3, 0.4) is 0 Å². The van der Waals surface area contributed by atoms with Gasteiger partial charge in [0.25, 0.3) is 0 Å². The number of rotatable bonds is 7. The maximum absolute atomic E-state index is 12.7. The molecule has 0 saturated heterocycles. The monoisotopic (exact) mass is 383 g/mol. The number of ketones is 1. The van der Waals surface area contributed by atoms with Crippen LogP contribution in [0.2, 0.25) is 0 Å². The minimum atomic E-state index is -0.275. The highest BCUT2D eigenvalue weighted by Gasteiger charge is 2.18. The molecule has 4 nitrogen and oxygen atoms in total. The number of benzene rings is 3. The molecular weight excluding hydrogens is 362 g/mol. The van der Waals surface area contributed by atoms with E-state index < -0.39 is 0 Å². The molecule has 0 aliphatic carbocycles. The van der Waals surface area contributed by atoms with Gasteiger partial charge in [0, 0.05) is 16.7 Å². The number of hydrogen-bond acceptors (Lipinski definition) is 3. The molecule has 27 heavy (non-hydrogen) atoms. The molecule has 0 aromatic heterocycles. The molecule has 0 aliphatic rings. The molecule has 0 spiro atoms. The zero-order valence-corrected chi connectivity index (χ0v) is 15.6. The second-order valence-corrected chi connectivity index (χ2v) is 6.38. The lowest BCUT2D eigenvalue weighted by atomic mass is 10.1. The highest BCUT2D eigenvalue weighted by atomic mass is 35.5. The standard InChI is InChI=1S/C22H21NO3.ClH/c24-20-12-11-19(13-21(20)25)22(26)16-23(14-17-7-3-1-4-8-17)15-18-9-5-2-6-10-18;/h1-13,24-25H,14-16H2;1H. The molecule has 0 unspecified atom stereocenters. The number of hydrogen-bond donors (Lipinski definition) is 3. The summed E-state index contributed by atoms with van der Waals surface area (Å²) in [5.41, 5.74) is 2.73. The van der Waals surface area contributed by atoms with E-state index in [0.717, 1.165) is 18.0 Å². The molecular formula is C22H22ClNO3. The van der Waals surface area contributed by atoms with Crippen LogP contribution in [0, 0.1) is 0 Å². The Balaban J connectivity index is 0.00000261. The highest BCUT2D eigenvalue weighted by Crippen LogP contribution is 2.24. The summed E-state index contributed by atoms with van der Waals surface area (Å²) < 4.78 is 0. The Morgan fingerprint density at radius 3 is 1.74 bits per heavy atom. The number of Topliss-reactive ketones (excluding diaryl/α,β-unsaturated/α-hetero) is 1. The lowest BCUT2D eigenvalue weighted by Gasteiger charge is -2.19. The fourth-order valence-corrected chi connectivity index (χ4v) is 2.98. The van der Waals surface area contributed by atoms with Gasteiger partial charge in [-0.25, -0.2) is 0 Å².